The van der Waals surface area contributed by atoms with Crippen molar-refractivity contribution < 1.29 is 9.52 Å². The van der Waals surface area contributed by atoms with E-state index in [2.05, 4.69) is 0 Å². The molecule has 3 nitrogen and oxygen atoms in total. The van der Waals surface area contributed by atoms with Crippen molar-refractivity contribution in [2.45, 2.75) is 12.8 Å². The van der Waals surface area contributed by atoms with Gasteiger partial charge in [0.2, 0.25) is 0 Å². The zero-order valence-electron chi connectivity index (χ0n) is 7.53. The zero-order chi connectivity index (χ0) is 9.97. The molecule has 0 aliphatic heterocycles. The van der Waals surface area contributed by atoms with Crippen LogP contribution in [-0.4, -0.2) is 11.7 Å². The minimum absolute atomic E-state index is 0.194. The maximum Gasteiger partial charge on any atom is 0.396 e. The van der Waals surface area contributed by atoms with Crippen molar-refractivity contribution in [3.8, 4) is 0 Å². The fourth-order valence-electron chi connectivity index (χ4n) is 1.36. The molecule has 2 rings (SSSR count). The van der Waals surface area contributed by atoms with Crippen LogP contribution in [0.3, 0.4) is 0 Å². The highest BCUT2D eigenvalue weighted by atomic mass is 32.1. The second kappa shape index (κ2) is 3.94. The molecular weight excluding hydrogens is 200 g/mol. The first-order chi connectivity index (χ1) is 6.79. The summed E-state index contributed by atoms with van der Waals surface area (Å²) in [5.74, 6) is 0. The van der Waals surface area contributed by atoms with Crippen molar-refractivity contribution in [2.75, 3.05) is 6.61 Å². The summed E-state index contributed by atoms with van der Waals surface area (Å²) in [5, 5.41) is 8.68. The highest BCUT2D eigenvalue weighted by molar-refractivity contribution is 7.16. The summed E-state index contributed by atoms with van der Waals surface area (Å²) >= 11 is 1.12. The van der Waals surface area contributed by atoms with Crippen LogP contribution in [0.25, 0.3) is 10.3 Å². The highest BCUT2D eigenvalue weighted by Crippen LogP contribution is 2.19. The van der Waals surface area contributed by atoms with E-state index in [0.717, 1.165) is 34.4 Å². The van der Waals surface area contributed by atoms with Gasteiger partial charge < -0.3 is 9.52 Å². The lowest BCUT2D eigenvalue weighted by molar-refractivity contribution is 0.288. The summed E-state index contributed by atoms with van der Waals surface area (Å²) in [4.78, 5) is 10.7. The van der Waals surface area contributed by atoms with Gasteiger partial charge in [0.25, 0.3) is 0 Å². The minimum atomic E-state index is -0.265. The van der Waals surface area contributed by atoms with E-state index >= 15 is 0 Å². The summed E-state index contributed by atoms with van der Waals surface area (Å²) < 4.78 is 5.82. The largest absolute Gasteiger partial charge is 0.414 e. The molecular formula is C10H10O3S. The number of aryl methyl sites for hydroxylation is 1. The van der Waals surface area contributed by atoms with Crippen LogP contribution >= 0.6 is 11.3 Å². The Labute approximate surface area is 84.6 Å². The third kappa shape index (κ3) is 1.86. The Kier molecular flexibility index (Phi) is 2.65. The lowest BCUT2D eigenvalue weighted by Crippen LogP contribution is -1.88. The van der Waals surface area contributed by atoms with E-state index < -0.39 is 0 Å². The van der Waals surface area contributed by atoms with Crippen molar-refractivity contribution in [2.24, 2.45) is 0 Å². The van der Waals surface area contributed by atoms with Gasteiger partial charge in [-0.15, -0.1) is 0 Å². The number of hydrogen-bond acceptors (Lipinski definition) is 4. The van der Waals surface area contributed by atoms with Crippen molar-refractivity contribution >= 4 is 21.6 Å². The molecule has 0 aliphatic rings. The van der Waals surface area contributed by atoms with E-state index in [-0.39, 0.29) is 11.5 Å². The van der Waals surface area contributed by atoms with Crippen LogP contribution in [0.15, 0.2) is 27.4 Å². The molecule has 0 unspecified atom stereocenters. The second-order valence-electron chi connectivity index (χ2n) is 3.06. The smallest absolute Gasteiger partial charge is 0.396 e. The van der Waals surface area contributed by atoms with Gasteiger partial charge in [0.15, 0.2) is 0 Å². The summed E-state index contributed by atoms with van der Waals surface area (Å²) in [6, 6.07) is 5.67. The van der Waals surface area contributed by atoms with Crippen LogP contribution in [0.5, 0.6) is 0 Å². The molecule has 1 heterocycles. The first-order valence-electron chi connectivity index (χ1n) is 4.43. The molecule has 14 heavy (non-hydrogen) atoms. The SMILES string of the molecule is O=c1oc2ccc(CCCO)cc2s1. The average Bonchev–Trinajstić information content (AvgIpc) is 2.54. The van der Waals surface area contributed by atoms with Crippen molar-refractivity contribution in [1.29, 1.82) is 0 Å². The van der Waals surface area contributed by atoms with E-state index in [1.165, 1.54) is 0 Å². The van der Waals surface area contributed by atoms with E-state index in [0.29, 0.717) is 5.58 Å². The molecule has 0 amide bonds. The Morgan fingerprint density at radius 1 is 1.43 bits per heavy atom. The van der Waals surface area contributed by atoms with Crippen LogP contribution < -0.4 is 4.94 Å². The van der Waals surface area contributed by atoms with Gasteiger partial charge in [-0.1, -0.05) is 17.4 Å². The molecule has 0 atom stereocenters. The summed E-state index contributed by atoms with van der Waals surface area (Å²) in [7, 11) is 0. The Morgan fingerprint density at radius 3 is 3.07 bits per heavy atom. The molecule has 74 valence electrons. The van der Waals surface area contributed by atoms with E-state index in [1.54, 1.807) is 6.07 Å². The Balaban J connectivity index is 2.35. The molecule has 1 aromatic heterocycles. The van der Waals surface area contributed by atoms with Crippen molar-refractivity contribution in [1.82, 2.24) is 0 Å². The van der Waals surface area contributed by atoms with Crippen molar-refractivity contribution in [3.63, 3.8) is 0 Å². The molecule has 0 saturated carbocycles. The van der Waals surface area contributed by atoms with Gasteiger partial charge in [-0.05, 0) is 30.5 Å². The van der Waals surface area contributed by atoms with Crippen molar-refractivity contribution in [3.05, 3.63) is 33.5 Å². The lowest BCUT2D eigenvalue weighted by Gasteiger charge is -1.97. The zero-order valence-corrected chi connectivity index (χ0v) is 8.34. The van der Waals surface area contributed by atoms with E-state index in [9.17, 15) is 4.79 Å². The van der Waals surface area contributed by atoms with Gasteiger partial charge in [0.05, 0.1) is 4.70 Å². The maximum atomic E-state index is 10.9. The topological polar surface area (TPSA) is 50.4 Å². The molecule has 0 radical (unpaired) electrons. The Bertz CT molecular complexity index is 483. The summed E-state index contributed by atoms with van der Waals surface area (Å²) in [6.45, 7) is 0.194. The van der Waals surface area contributed by atoms with Crippen LogP contribution in [-0.2, 0) is 6.42 Å². The number of fused-ring (bicyclic) bond motifs is 1. The van der Waals surface area contributed by atoms with E-state index in [1.807, 2.05) is 12.1 Å². The Morgan fingerprint density at radius 2 is 2.29 bits per heavy atom. The average molecular weight is 210 g/mol. The lowest BCUT2D eigenvalue weighted by atomic mass is 10.1. The standard InChI is InChI=1S/C10H10O3S/c11-5-1-2-7-3-4-8-9(6-7)14-10(12)13-8/h3-4,6,11H,1-2,5H2. The summed E-state index contributed by atoms with van der Waals surface area (Å²) in [6.07, 6.45) is 1.58. The van der Waals surface area contributed by atoms with Gasteiger partial charge >= 0.3 is 4.94 Å². The Hall–Kier alpha value is -1.13. The number of benzene rings is 1. The van der Waals surface area contributed by atoms with Gasteiger partial charge in [-0.3, -0.25) is 0 Å². The molecule has 0 bridgehead atoms. The van der Waals surface area contributed by atoms with E-state index in [4.69, 9.17) is 9.52 Å². The molecule has 1 aromatic carbocycles. The molecule has 4 heteroatoms. The maximum absolute atomic E-state index is 10.9. The third-order valence-electron chi connectivity index (χ3n) is 2.02. The summed E-state index contributed by atoms with van der Waals surface area (Å²) in [5.41, 5.74) is 1.77. The van der Waals surface area contributed by atoms with Gasteiger partial charge in [-0.25, -0.2) is 4.79 Å². The monoisotopic (exact) mass is 210 g/mol. The molecule has 0 fully saturated rings. The first kappa shape index (κ1) is 9.43. The fourth-order valence-corrected chi connectivity index (χ4v) is 2.09. The third-order valence-corrected chi connectivity index (χ3v) is 2.81. The van der Waals surface area contributed by atoms with Crippen LogP contribution in [0.4, 0.5) is 0 Å². The number of aliphatic hydroxyl groups is 1. The van der Waals surface area contributed by atoms with Gasteiger partial charge in [0, 0.05) is 6.61 Å². The number of aliphatic hydroxyl groups excluding tert-OH is 1. The molecule has 0 aliphatic carbocycles. The van der Waals surface area contributed by atoms with Gasteiger partial charge in [0.1, 0.15) is 5.58 Å². The normalized spacial score (nSPS) is 10.9. The predicted molar refractivity (Wildman–Crippen MR) is 55.8 cm³/mol. The number of hydrogen-bond donors (Lipinski definition) is 1. The molecule has 2 aromatic rings. The fraction of sp³-hybridized carbons (Fsp3) is 0.300. The van der Waals surface area contributed by atoms with Crippen LogP contribution in [0, 0.1) is 0 Å². The van der Waals surface area contributed by atoms with Crippen LogP contribution in [0.2, 0.25) is 0 Å². The molecule has 0 spiro atoms. The minimum Gasteiger partial charge on any atom is -0.414 e. The molecule has 1 N–H and O–H groups in total. The quantitative estimate of drug-likeness (QED) is 0.840. The first-order valence-corrected chi connectivity index (χ1v) is 5.24. The second-order valence-corrected chi connectivity index (χ2v) is 4.04. The van der Waals surface area contributed by atoms with Gasteiger partial charge in [-0.2, -0.15) is 0 Å². The highest BCUT2D eigenvalue weighted by Gasteiger charge is 2.02. The predicted octanol–water partition coefficient (Wildman–Crippen LogP) is 1.78. The van der Waals surface area contributed by atoms with Crippen LogP contribution in [0.1, 0.15) is 12.0 Å². The number of rotatable bonds is 3. The molecule has 0 saturated heterocycles.